The number of amides is 1. The molecular weight excluding hydrogens is 418 g/mol. The number of benzene rings is 2. The molecule has 4 rings (SSSR count). The third-order valence-corrected chi connectivity index (χ3v) is 6.63. The largest absolute Gasteiger partial charge is 0.481 e. The molecule has 3 aromatic rings. The molecule has 1 aliphatic rings. The van der Waals surface area contributed by atoms with Crippen molar-refractivity contribution < 1.29 is 9.53 Å². The van der Waals surface area contributed by atoms with Crippen molar-refractivity contribution in [3.05, 3.63) is 70.4 Å². The molecule has 1 N–H and O–H groups in total. The second kappa shape index (κ2) is 8.47. The summed E-state index contributed by atoms with van der Waals surface area (Å²) in [6.45, 7) is 4.08. The summed E-state index contributed by atoms with van der Waals surface area (Å²) in [5, 5.41) is 8.03. The van der Waals surface area contributed by atoms with E-state index in [2.05, 4.69) is 11.2 Å². The number of thioether (sulfide) groups is 1. The fourth-order valence-electron chi connectivity index (χ4n) is 3.43. The number of nitrogens with zero attached hydrogens (tertiary/aromatic N) is 2. The molecule has 5 nitrogen and oxygen atoms in total. The van der Waals surface area contributed by atoms with Crippen LogP contribution in [0.4, 0.5) is 5.82 Å². The van der Waals surface area contributed by atoms with E-state index in [1.807, 2.05) is 62.4 Å². The van der Waals surface area contributed by atoms with E-state index in [-0.39, 0.29) is 23.0 Å². The summed E-state index contributed by atoms with van der Waals surface area (Å²) in [7, 11) is 0. The molecular formula is C23H20ClN3O2S. The van der Waals surface area contributed by atoms with Gasteiger partial charge < -0.3 is 10.1 Å². The van der Waals surface area contributed by atoms with Gasteiger partial charge in [-0.1, -0.05) is 41.8 Å². The maximum Gasteiger partial charge on any atom is 0.238 e. The lowest BCUT2D eigenvalue weighted by molar-refractivity contribution is -0.115. The highest BCUT2D eigenvalue weighted by molar-refractivity contribution is 8.01. The first-order chi connectivity index (χ1) is 14.5. The minimum absolute atomic E-state index is 0.0640. The number of carbonyl (C=O) groups excluding carboxylic acids is 1. The summed E-state index contributed by atoms with van der Waals surface area (Å²) in [5.74, 6) is 3.76. The van der Waals surface area contributed by atoms with Crippen molar-refractivity contribution in [2.45, 2.75) is 24.3 Å². The third-order valence-electron chi connectivity index (χ3n) is 4.91. The van der Waals surface area contributed by atoms with Crippen molar-refractivity contribution in [1.29, 1.82) is 0 Å². The maximum absolute atomic E-state index is 12.8. The van der Waals surface area contributed by atoms with Gasteiger partial charge >= 0.3 is 0 Å². The van der Waals surface area contributed by atoms with Gasteiger partial charge in [0.2, 0.25) is 5.91 Å². The predicted octanol–water partition coefficient (Wildman–Crippen LogP) is 5.01. The number of ether oxygens (including phenoxy) is 1. The van der Waals surface area contributed by atoms with Crippen LogP contribution in [0.3, 0.4) is 0 Å². The predicted molar refractivity (Wildman–Crippen MR) is 122 cm³/mol. The smallest absolute Gasteiger partial charge is 0.238 e. The monoisotopic (exact) mass is 437 g/mol. The summed E-state index contributed by atoms with van der Waals surface area (Å²) in [4.78, 5) is 12.8. The van der Waals surface area contributed by atoms with Crippen LogP contribution in [0.5, 0.6) is 5.75 Å². The normalized spacial score (nSPS) is 18.1. The van der Waals surface area contributed by atoms with Gasteiger partial charge in [0.1, 0.15) is 18.2 Å². The van der Waals surface area contributed by atoms with Crippen LogP contribution in [0.2, 0.25) is 5.02 Å². The lowest BCUT2D eigenvalue weighted by atomic mass is 10.0. The highest BCUT2D eigenvalue weighted by Gasteiger charge is 2.34. The Hall–Kier alpha value is -2.88. The Morgan fingerprint density at radius 1 is 1.27 bits per heavy atom. The zero-order chi connectivity index (χ0) is 21.3. The molecule has 0 saturated heterocycles. The Labute approximate surface area is 184 Å². The Balaban J connectivity index is 1.82. The average molecular weight is 438 g/mol. The van der Waals surface area contributed by atoms with Gasteiger partial charge in [-0.05, 0) is 43.7 Å². The number of aromatic nitrogens is 2. The fraction of sp³-hybridized carbons (Fsp3) is 0.217. The molecule has 1 aliphatic heterocycles. The fourth-order valence-corrected chi connectivity index (χ4v) is 4.97. The minimum Gasteiger partial charge on any atom is -0.481 e. The number of halogens is 1. The van der Waals surface area contributed by atoms with Crippen molar-refractivity contribution in [2.75, 3.05) is 11.9 Å². The lowest BCUT2D eigenvalue weighted by Gasteiger charge is -2.18. The zero-order valence-corrected chi connectivity index (χ0v) is 18.1. The van der Waals surface area contributed by atoms with Crippen LogP contribution in [-0.2, 0) is 4.79 Å². The number of aryl methyl sites for hydroxylation is 1. The van der Waals surface area contributed by atoms with Crippen LogP contribution in [0.1, 0.15) is 29.0 Å². The second-order valence-electron chi connectivity index (χ2n) is 6.92. The molecule has 0 radical (unpaired) electrons. The van der Waals surface area contributed by atoms with Gasteiger partial charge in [0, 0.05) is 5.56 Å². The third kappa shape index (κ3) is 3.79. The van der Waals surface area contributed by atoms with Crippen molar-refractivity contribution in [2.24, 2.45) is 0 Å². The summed E-state index contributed by atoms with van der Waals surface area (Å²) in [5.41, 5.74) is 3.58. The molecule has 7 heteroatoms. The van der Waals surface area contributed by atoms with E-state index in [9.17, 15) is 4.79 Å². The highest BCUT2D eigenvalue weighted by Crippen LogP contribution is 2.46. The van der Waals surface area contributed by atoms with Gasteiger partial charge in [-0.2, -0.15) is 5.10 Å². The second-order valence-corrected chi connectivity index (χ2v) is 8.78. The first-order valence-corrected chi connectivity index (χ1v) is 10.8. The van der Waals surface area contributed by atoms with E-state index in [0.29, 0.717) is 16.6 Å². The molecule has 152 valence electrons. The number of hydrogen-bond acceptors (Lipinski definition) is 4. The molecule has 2 heterocycles. The number of rotatable bonds is 4. The van der Waals surface area contributed by atoms with Crippen molar-refractivity contribution in [3.63, 3.8) is 0 Å². The molecule has 0 fully saturated rings. The van der Waals surface area contributed by atoms with Gasteiger partial charge in [-0.25, -0.2) is 4.68 Å². The SMILES string of the molecule is C#CCOc1ccc(C2SC(C)C(=O)Nc3c2c(C)nn3-c2ccccc2Cl)cc1. The van der Waals surface area contributed by atoms with Crippen LogP contribution in [-0.4, -0.2) is 27.5 Å². The molecule has 0 saturated carbocycles. The Morgan fingerprint density at radius 3 is 2.70 bits per heavy atom. The zero-order valence-electron chi connectivity index (χ0n) is 16.6. The number of hydrogen-bond donors (Lipinski definition) is 1. The number of carbonyl (C=O) groups is 1. The molecule has 2 atom stereocenters. The highest BCUT2D eigenvalue weighted by atomic mass is 35.5. The number of nitrogens with one attached hydrogen (secondary N) is 1. The van der Waals surface area contributed by atoms with E-state index in [1.54, 1.807) is 16.4 Å². The molecule has 0 spiro atoms. The van der Waals surface area contributed by atoms with Crippen molar-refractivity contribution >= 4 is 35.1 Å². The van der Waals surface area contributed by atoms with Gasteiger partial charge in [0.05, 0.1) is 26.9 Å². The molecule has 2 aromatic carbocycles. The average Bonchev–Trinajstić information content (AvgIpc) is 2.99. The number of terminal acetylenes is 1. The number of anilines is 1. The van der Waals surface area contributed by atoms with E-state index in [4.69, 9.17) is 27.9 Å². The number of para-hydroxylation sites is 1. The van der Waals surface area contributed by atoms with Crippen LogP contribution in [0.15, 0.2) is 48.5 Å². The van der Waals surface area contributed by atoms with E-state index >= 15 is 0 Å². The van der Waals surface area contributed by atoms with E-state index in [0.717, 1.165) is 22.5 Å². The summed E-state index contributed by atoms with van der Waals surface area (Å²) in [6.07, 6.45) is 5.26. The van der Waals surface area contributed by atoms with Crippen LogP contribution in [0.25, 0.3) is 5.69 Å². The van der Waals surface area contributed by atoms with E-state index < -0.39 is 0 Å². The first-order valence-electron chi connectivity index (χ1n) is 9.46. The summed E-state index contributed by atoms with van der Waals surface area (Å²) >= 11 is 8.01. The molecule has 0 bridgehead atoms. The number of fused-ring (bicyclic) bond motifs is 1. The molecule has 1 aromatic heterocycles. The molecule has 1 amide bonds. The van der Waals surface area contributed by atoms with Gasteiger partial charge in [-0.3, -0.25) is 4.79 Å². The summed E-state index contributed by atoms with van der Waals surface area (Å²) in [6, 6.07) is 15.2. The van der Waals surface area contributed by atoms with Crippen LogP contribution < -0.4 is 10.1 Å². The Kier molecular flexibility index (Phi) is 5.76. The topological polar surface area (TPSA) is 56.1 Å². The maximum atomic E-state index is 12.8. The van der Waals surface area contributed by atoms with Crippen molar-refractivity contribution in [1.82, 2.24) is 9.78 Å². The van der Waals surface area contributed by atoms with Crippen LogP contribution in [0, 0.1) is 19.3 Å². The molecule has 2 unspecified atom stereocenters. The van der Waals surface area contributed by atoms with Crippen LogP contribution >= 0.6 is 23.4 Å². The minimum atomic E-state index is -0.237. The van der Waals surface area contributed by atoms with Gasteiger partial charge in [0.15, 0.2) is 0 Å². The summed E-state index contributed by atoms with van der Waals surface area (Å²) < 4.78 is 7.21. The first kappa shape index (κ1) is 20.4. The van der Waals surface area contributed by atoms with E-state index in [1.165, 1.54) is 0 Å². The van der Waals surface area contributed by atoms with Gasteiger partial charge in [-0.15, -0.1) is 18.2 Å². The van der Waals surface area contributed by atoms with Gasteiger partial charge in [0.25, 0.3) is 0 Å². The Morgan fingerprint density at radius 2 is 2.00 bits per heavy atom. The van der Waals surface area contributed by atoms with Crippen molar-refractivity contribution in [3.8, 4) is 23.8 Å². The Bertz CT molecular complexity index is 1130. The molecule has 0 aliphatic carbocycles. The lowest BCUT2D eigenvalue weighted by Crippen LogP contribution is -2.22. The quantitative estimate of drug-likeness (QED) is 0.583. The molecule has 30 heavy (non-hydrogen) atoms. The standard InChI is InChI=1S/C23H20ClN3O2S/c1-4-13-29-17-11-9-16(10-12-17)21-20-14(2)26-27(19-8-6-5-7-18(19)24)22(20)25-23(28)15(3)30-21/h1,5-12,15,21H,13H2,2-3H3,(H,25,28).